The van der Waals surface area contributed by atoms with Crippen molar-refractivity contribution in [3.05, 3.63) is 91.9 Å². The summed E-state index contributed by atoms with van der Waals surface area (Å²) in [6.07, 6.45) is 1.65. The minimum atomic E-state index is -0.546. The van der Waals surface area contributed by atoms with Crippen molar-refractivity contribution in [1.29, 1.82) is 0 Å². The highest BCUT2D eigenvalue weighted by atomic mass is 35.5. The molecular weight excluding hydrogens is 416 g/mol. The molecule has 8 heteroatoms. The first-order valence-corrected chi connectivity index (χ1v) is 8.97. The Balaban J connectivity index is 1.99. The first-order chi connectivity index (χ1) is 12.5. The zero-order valence-electron chi connectivity index (χ0n) is 13.1. The van der Waals surface area contributed by atoms with Crippen LogP contribution in [-0.4, -0.2) is 15.9 Å². The highest BCUT2D eigenvalue weighted by molar-refractivity contribution is 6.52. The minimum absolute atomic E-state index is 0.000723. The molecule has 0 saturated heterocycles. The normalized spacial score (nSPS) is 11.8. The van der Waals surface area contributed by atoms with Crippen LogP contribution < -0.4 is 5.32 Å². The molecule has 3 aromatic rings. The van der Waals surface area contributed by atoms with Gasteiger partial charge in [0, 0.05) is 6.20 Å². The van der Waals surface area contributed by atoms with Gasteiger partial charge in [0.2, 0.25) is 0 Å². The van der Waals surface area contributed by atoms with Crippen LogP contribution >= 0.6 is 46.4 Å². The molecule has 1 N–H and O–H groups in total. The highest BCUT2D eigenvalue weighted by Gasteiger charge is 2.24. The Morgan fingerprint density at radius 3 is 2.23 bits per heavy atom. The largest absolute Gasteiger partial charge is 0.338 e. The SMILES string of the molecule is O=C(N[C@@H](c1ccccc1)c1ccccn1)c1nc(Cl)c(Cl)c(Cl)c1Cl. The highest BCUT2D eigenvalue weighted by Crippen LogP contribution is 2.36. The molecule has 1 aromatic carbocycles. The van der Waals surface area contributed by atoms with E-state index in [9.17, 15) is 4.79 Å². The average molecular weight is 427 g/mol. The summed E-state index contributed by atoms with van der Waals surface area (Å²) >= 11 is 24.0. The lowest BCUT2D eigenvalue weighted by molar-refractivity contribution is 0.0937. The number of pyridine rings is 2. The van der Waals surface area contributed by atoms with Crippen molar-refractivity contribution in [3.63, 3.8) is 0 Å². The van der Waals surface area contributed by atoms with Gasteiger partial charge in [-0.1, -0.05) is 82.8 Å². The molecule has 3 rings (SSSR count). The van der Waals surface area contributed by atoms with E-state index >= 15 is 0 Å². The van der Waals surface area contributed by atoms with Crippen molar-refractivity contribution in [2.45, 2.75) is 6.04 Å². The zero-order chi connectivity index (χ0) is 18.7. The van der Waals surface area contributed by atoms with Gasteiger partial charge in [-0.05, 0) is 17.7 Å². The molecule has 0 aliphatic rings. The summed E-state index contributed by atoms with van der Waals surface area (Å²) in [6.45, 7) is 0. The Morgan fingerprint density at radius 1 is 0.885 bits per heavy atom. The summed E-state index contributed by atoms with van der Waals surface area (Å²) < 4.78 is 0. The minimum Gasteiger partial charge on any atom is -0.338 e. The molecular formula is C18H11Cl4N3O. The van der Waals surface area contributed by atoms with Crippen LogP contribution in [0.15, 0.2) is 54.7 Å². The van der Waals surface area contributed by atoms with Crippen LogP contribution in [0.5, 0.6) is 0 Å². The molecule has 0 unspecified atom stereocenters. The Morgan fingerprint density at radius 2 is 1.58 bits per heavy atom. The van der Waals surface area contributed by atoms with E-state index in [1.54, 1.807) is 12.3 Å². The fourth-order valence-electron chi connectivity index (χ4n) is 2.36. The Labute approximate surface area is 170 Å². The third-order valence-electron chi connectivity index (χ3n) is 3.59. The lowest BCUT2D eigenvalue weighted by Gasteiger charge is -2.19. The zero-order valence-corrected chi connectivity index (χ0v) is 16.1. The molecule has 26 heavy (non-hydrogen) atoms. The van der Waals surface area contributed by atoms with Crippen LogP contribution in [0, 0.1) is 0 Å². The van der Waals surface area contributed by atoms with Gasteiger partial charge in [0.05, 0.1) is 26.8 Å². The fraction of sp³-hybridized carbons (Fsp3) is 0.0556. The molecule has 0 spiro atoms. The van der Waals surface area contributed by atoms with Crippen molar-refractivity contribution < 1.29 is 4.79 Å². The third kappa shape index (κ3) is 3.94. The first kappa shape index (κ1) is 18.9. The second-order valence-corrected chi connectivity index (χ2v) is 6.76. The molecule has 1 atom stereocenters. The van der Waals surface area contributed by atoms with Gasteiger partial charge < -0.3 is 5.32 Å². The van der Waals surface area contributed by atoms with E-state index in [0.717, 1.165) is 5.56 Å². The summed E-state index contributed by atoms with van der Waals surface area (Å²) in [7, 11) is 0. The van der Waals surface area contributed by atoms with E-state index in [0.29, 0.717) is 5.69 Å². The van der Waals surface area contributed by atoms with E-state index in [1.165, 1.54) is 0 Å². The average Bonchev–Trinajstić information content (AvgIpc) is 2.68. The van der Waals surface area contributed by atoms with Crippen LogP contribution in [0.3, 0.4) is 0 Å². The summed E-state index contributed by atoms with van der Waals surface area (Å²) in [5.41, 5.74) is 1.40. The van der Waals surface area contributed by atoms with E-state index in [4.69, 9.17) is 46.4 Å². The summed E-state index contributed by atoms with van der Waals surface area (Å²) in [5.74, 6) is -0.546. The number of rotatable bonds is 4. The van der Waals surface area contributed by atoms with Gasteiger partial charge in [0.25, 0.3) is 5.91 Å². The van der Waals surface area contributed by atoms with Crippen molar-refractivity contribution in [1.82, 2.24) is 15.3 Å². The summed E-state index contributed by atoms with van der Waals surface area (Å²) in [4.78, 5) is 21.1. The van der Waals surface area contributed by atoms with Gasteiger partial charge in [-0.2, -0.15) is 0 Å². The second-order valence-electron chi connectivity index (χ2n) is 5.26. The molecule has 0 bridgehead atoms. The molecule has 0 aliphatic heterocycles. The predicted octanol–water partition coefficient (Wildman–Crippen LogP) is 5.61. The molecule has 0 aliphatic carbocycles. The molecule has 1 amide bonds. The number of nitrogens with zero attached hydrogens (tertiary/aromatic N) is 2. The fourth-order valence-corrected chi connectivity index (χ4v) is 3.17. The second kappa shape index (κ2) is 8.23. The molecule has 0 radical (unpaired) electrons. The smallest absolute Gasteiger partial charge is 0.272 e. The number of carbonyl (C=O) groups is 1. The monoisotopic (exact) mass is 425 g/mol. The Kier molecular flexibility index (Phi) is 5.99. The quantitative estimate of drug-likeness (QED) is 0.551. The summed E-state index contributed by atoms with van der Waals surface area (Å²) in [6, 6.07) is 14.4. The van der Waals surface area contributed by atoms with Crippen molar-refractivity contribution in [2.75, 3.05) is 0 Å². The number of hydrogen-bond donors (Lipinski definition) is 1. The Hall–Kier alpha value is -1.85. The first-order valence-electron chi connectivity index (χ1n) is 7.45. The van der Waals surface area contributed by atoms with E-state index in [-0.39, 0.29) is 25.9 Å². The van der Waals surface area contributed by atoms with E-state index < -0.39 is 11.9 Å². The molecule has 132 valence electrons. The van der Waals surface area contributed by atoms with Gasteiger partial charge in [-0.3, -0.25) is 9.78 Å². The van der Waals surface area contributed by atoms with Gasteiger partial charge in [-0.25, -0.2) is 4.98 Å². The number of nitrogens with one attached hydrogen (secondary N) is 1. The van der Waals surface area contributed by atoms with Gasteiger partial charge in [0.1, 0.15) is 10.8 Å². The van der Waals surface area contributed by atoms with E-state index in [2.05, 4.69) is 15.3 Å². The molecule has 0 fully saturated rings. The number of carbonyl (C=O) groups excluding carboxylic acids is 1. The number of halogens is 4. The van der Waals surface area contributed by atoms with E-state index in [1.807, 2.05) is 42.5 Å². The van der Waals surface area contributed by atoms with Crippen LogP contribution in [0.25, 0.3) is 0 Å². The van der Waals surface area contributed by atoms with Crippen molar-refractivity contribution in [3.8, 4) is 0 Å². The summed E-state index contributed by atoms with van der Waals surface area (Å²) in [5, 5.41) is 2.69. The standard InChI is InChI=1S/C18H11Cl4N3O/c19-12-13(20)16(24-17(22)14(12)21)18(26)25-15(10-6-2-1-3-7-10)11-8-4-5-9-23-11/h1-9,15H,(H,25,26)/t15-/m0/s1. The topological polar surface area (TPSA) is 54.9 Å². The maximum absolute atomic E-state index is 12.8. The Bertz CT molecular complexity index is 897. The maximum atomic E-state index is 12.8. The van der Waals surface area contributed by atoms with Crippen LogP contribution in [0.4, 0.5) is 0 Å². The molecule has 2 aromatic heterocycles. The molecule has 0 saturated carbocycles. The number of amides is 1. The third-order valence-corrected chi connectivity index (χ3v) is 5.27. The van der Waals surface area contributed by atoms with Crippen LogP contribution in [0.2, 0.25) is 20.2 Å². The maximum Gasteiger partial charge on any atom is 0.272 e. The van der Waals surface area contributed by atoms with Crippen molar-refractivity contribution in [2.24, 2.45) is 0 Å². The molecule has 2 heterocycles. The number of benzene rings is 1. The molecule has 4 nitrogen and oxygen atoms in total. The number of aromatic nitrogens is 2. The van der Waals surface area contributed by atoms with Gasteiger partial charge >= 0.3 is 0 Å². The van der Waals surface area contributed by atoms with Crippen LogP contribution in [-0.2, 0) is 0 Å². The predicted molar refractivity (Wildman–Crippen MR) is 104 cm³/mol. The number of hydrogen-bond acceptors (Lipinski definition) is 3. The van der Waals surface area contributed by atoms with Crippen LogP contribution in [0.1, 0.15) is 27.8 Å². The lowest BCUT2D eigenvalue weighted by Crippen LogP contribution is -2.31. The van der Waals surface area contributed by atoms with Gasteiger partial charge in [0.15, 0.2) is 0 Å². The van der Waals surface area contributed by atoms with Gasteiger partial charge in [-0.15, -0.1) is 0 Å². The lowest BCUT2D eigenvalue weighted by atomic mass is 10.0. The van der Waals surface area contributed by atoms with Crippen molar-refractivity contribution >= 4 is 52.3 Å².